The van der Waals surface area contributed by atoms with Gasteiger partial charge in [0.05, 0.1) is 0 Å². The second-order valence-electron chi connectivity index (χ2n) is 7.51. The van der Waals surface area contributed by atoms with Gasteiger partial charge in [-0.1, -0.05) is 6.07 Å². The molecule has 2 aromatic heterocycles. The number of aromatic nitrogens is 4. The first-order valence-corrected chi connectivity index (χ1v) is 9.79. The average molecular weight is 364 g/mol. The molecule has 0 atom stereocenters. The van der Waals surface area contributed by atoms with Gasteiger partial charge >= 0.3 is 0 Å². The molecule has 1 aliphatic carbocycles. The van der Waals surface area contributed by atoms with Crippen molar-refractivity contribution in [1.82, 2.24) is 24.6 Å². The number of hydrogen-bond donors (Lipinski definition) is 2. The van der Waals surface area contributed by atoms with Crippen molar-refractivity contribution >= 4 is 22.7 Å². The van der Waals surface area contributed by atoms with Crippen molar-refractivity contribution in [3.63, 3.8) is 0 Å². The fourth-order valence-electron chi connectivity index (χ4n) is 3.87. The van der Waals surface area contributed by atoms with E-state index in [0.29, 0.717) is 23.8 Å². The third-order valence-electron chi connectivity index (χ3n) is 5.55. The summed E-state index contributed by atoms with van der Waals surface area (Å²) in [5.41, 5.74) is 4.43. The Morgan fingerprint density at radius 3 is 2.96 bits per heavy atom. The molecule has 27 heavy (non-hydrogen) atoms. The maximum Gasteiger partial charge on any atom is 0.277 e. The lowest BCUT2D eigenvalue weighted by molar-refractivity contribution is 0.447. The molecule has 5 rings (SSSR count). The normalized spacial score (nSPS) is 16.5. The highest BCUT2D eigenvalue weighted by molar-refractivity contribution is 5.75. The Hall–Kier alpha value is -2.67. The molecule has 1 aromatic carbocycles. The Kier molecular flexibility index (Phi) is 3.97. The van der Waals surface area contributed by atoms with Crippen LogP contribution in [0.2, 0.25) is 0 Å². The second-order valence-corrected chi connectivity index (χ2v) is 7.51. The molecule has 3 aromatic rings. The van der Waals surface area contributed by atoms with Crippen molar-refractivity contribution in [1.29, 1.82) is 0 Å². The first-order chi connectivity index (χ1) is 13.2. The van der Waals surface area contributed by atoms with Crippen molar-refractivity contribution in [2.24, 2.45) is 5.92 Å². The lowest BCUT2D eigenvalue weighted by Gasteiger charge is -2.18. The van der Waals surface area contributed by atoms with Gasteiger partial charge < -0.3 is 10.6 Å². The van der Waals surface area contributed by atoms with Crippen molar-refractivity contribution in [2.75, 3.05) is 11.9 Å². The maximum absolute atomic E-state index is 12.6. The van der Waals surface area contributed by atoms with Gasteiger partial charge in [-0.25, -0.2) is 9.67 Å². The number of nitrogens with one attached hydrogen (secondary N) is 2. The molecule has 1 saturated carbocycles. The van der Waals surface area contributed by atoms with Crippen LogP contribution in [0.1, 0.15) is 30.9 Å². The van der Waals surface area contributed by atoms with Gasteiger partial charge in [-0.05, 0) is 61.9 Å². The lowest BCUT2D eigenvalue weighted by Crippen LogP contribution is -2.23. The summed E-state index contributed by atoms with van der Waals surface area (Å²) in [5.74, 6) is 1.20. The zero-order chi connectivity index (χ0) is 18.4. The zero-order valence-electron chi connectivity index (χ0n) is 15.5. The quantitative estimate of drug-likeness (QED) is 0.727. The number of nitrogens with zero attached hydrogens (tertiary/aromatic N) is 4. The van der Waals surface area contributed by atoms with Gasteiger partial charge in [0, 0.05) is 31.5 Å². The number of benzene rings is 1. The topological polar surface area (TPSA) is 76.8 Å². The van der Waals surface area contributed by atoms with Gasteiger partial charge in [0.2, 0.25) is 5.95 Å². The summed E-state index contributed by atoms with van der Waals surface area (Å²) in [7, 11) is 0. The van der Waals surface area contributed by atoms with Gasteiger partial charge in [-0.3, -0.25) is 9.48 Å². The van der Waals surface area contributed by atoms with Crippen LogP contribution in [-0.2, 0) is 26.1 Å². The summed E-state index contributed by atoms with van der Waals surface area (Å²) in [6.45, 7) is 5.43. The predicted octanol–water partition coefficient (Wildman–Crippen LogP) is 2.41. The van der Waals surface area contributed by atoms with E-state index in [9.17, 15) is 4.79 Å². The molecule has 7 nitrogen and oxygen atoms in total. The number of rotatable bonds is 5. The summed E-state index contributed by atoms with van der Waals surface area (Å²) in [4.78, 5) is 21.7. The highest BCUT2D eigenvalue weighted by Crippen LogP contribution is 2.31. The van der Waals surface area contributed by atoms with E-state index < -0.39 is 0 Å². The van der Waals surface area contributed by atoms with Gasteiger partial charge in [0.1, 0.15) is 5.39 Å². The highest BCUT2D eigenvalue weighted by atomic mass is 16.1. The molecular weight excluding hydrogens is 340 g/mol. The largest absolute Gasteiger partial charge is 0.324 e. The van der Waals surface area contributed by atoms with E-state index in [1.54, 1.807) is 10.9 Å². The first kappa shape index (κ1) is 16.5. The SMILES string of the molecule is CCn1c(=O)c2cnc(Nc3ccc4c(c3)CCNC4)nc2n1CC1CC1. The predicted molar refractivity (Wildman–Crippen MR) is 105 cm³/mol. The molecule has 0 bridgehead atoms. The van der Waals surface area contributed by atoms with Crippen LogP contribution < -0.4 is 16.2 Å². The van der Waals surface area contributed by atoms with Crippen LogP contribution in [0.5, 0.6) is 0 Å². The van der Waals surface area contributed by atoms with E-state index >= 15 is 0 Å². The lowest BCUT2D eigenvalue weighted by atomic mass is 10.0. The molecule has 0 saturated heterocycles. The molecule has 2 aliphatic rings. The molecule has 0 spiro atoms. The zero-order valence-corrected chi connectivity index (χ0v) is 15.5. The van der Waals surface area contributed by atoms with E-state index in [0.717, 1.165) is 37.4 Å². The Morgan fingerprint density at radius 1 is 1.26 bits per heavy atom. The van der Waals surface area contributed by atoms with Crippen LogP contribution in [0.25, 0.3) is 11.0 Å². The smallest absolute Gasteiger partial charge is 0.277 e. The van der Waals surface area contributed by atoms with Crippen LogP contribution >= 0.6 is 0 Å². The van der Waals surface area contributed by atoms with Crippen LogP contribution in [0.15, 0.2) is 29.2 Å². The van der Waals surface area contributed by atoms with Gasteiger partial charge in [0.15, 0.2) is 5.65 Å². The highest BCUT2D eigenvalue weighted by Gasteiger charge is 2.25. The monoisotopic (exact) mass is 364 g/mol. The molecule has 0 radical (unpaired) electrons. The van der Waals surface area contributed by atoms with E-state index in [2.05, 4.69) is 33.8 Å². The summed E-state index contributed by atoms with van der Waals surface area (Å²) in [6, 6.07) is 6.39. The minimum Gasteiger partial charge on any atom is -0.324 e. The van der Waals surface area contributed by atoms with Crippen molar-refractivity contribution in [3.8, 4) is 0 Å². The number of fused-ring (bicyclic) bond motifs is 2. The maximum atomic E-state index is 12.6. The average Bonchev–Trinajstić information content (AvgIpc) is 3.47. The van der Waals surface area contributed by atoms with Crippen LogP contribution in [0, 0.1) is 5.92 Å². The van der Waals surface area contributed by atoms with Crippen LogP contribution in [0.4, 0.5) is 11.6 Å². The Labute approximate surface area is 157 Å². The molecule has 0 amide bonds. The summed E-state index contributed by atoms with van der Waals surface area (Å²) >= 11 is 0. The van der Waals surface area contributed by atoms with Crippen LogP contribution in [0.3, 0.4) is 0 Å². The van der Waals surface area contributed by atoms with Crippen molar-refractivity contribution in [2.45, 2.75) is 45.8 Å². The molecule has 0 unspecified atom stereocenters. The first-order valence-electron chi connectivity index (χ1n) is 9.79. The minimum absolute atomic E-state index is 0.000908. The molecular formula is C20H24N6O. The van der Waals surface area contributed by atoms with E-state index in [1.165, 1.54) is 24.0 Å². The number of anilines is 2. The van der Waals surface area contributed by atoms with Crippen molar-refractivity contribution in [3.05, 3.63) is 45.9 Å². The third kappa shape index (κ3) is 3.02. The molecule has 140 valence electrons. The fraction of sp³-hybridized carbons (Fsp3) is 0.450. The van der Waals surface area contributed by atoms with Crippen LogP contribution in [-0.4, -0.2) is 25.9 Å². The summed E-state index contributed by atoms with van der Waals surface area (Å²) < 4.78 is 3.83. The fourth-order valence-corrected chi connectivity index (χ4v) is 3.87. The molecule has 7 heteroatoms. The van der Waals surface area contributed by atoms with E-state index in [-0.39, 0.29) is 5.56 Å². The molecule has 2 N–H and O–H groups in total. The summed E-state index contributed by atoms with van der Waals surface area (Å²) in [6.07, 6.45) is 5.16. The minimum atomic E-state index is 0.000908. The molecule has 1 fully saturated rings. The Morgan fingerprint density at radius 2 is 2.15 bits per heavy atom. The standard InChI is InChI=1S/C20H24N6O/c1-2-25-19(27)17-11-22-20(24-18(17)26(25)12-13-3-4-13)23-16-6-5-15-10-21-8-7-14(15)9-16/h5-6,9,11,13,21H,2-4,7-8,10,12H2,1H3,(H,22,23,24). The number of hydrogen-bond acceptors (Lipinski definition) is 5. The molecule has 3 heterocycles. The summed E-state index contributed by atoms with van der Waals surface area (Å²) in [5, 5.41) is 7.31. The van der Waals surface area contributed by atoms with Crippen molar-refractivity contribution < 1.29 is 0 Å². The Balaban J connectivity index is 1.51. The van der Waals surface area contributed by atoms with Gasteiger partial charge in [-0.15, -0.1) is 0 Å². The second kappa shape index (κ2) is 6.49. The van der Waals surface area contributed by atoms with Gasteiger partial charge in [-0.2, -0.15) is 4.98 Å². The Bertz CT molecular complexity index is 1060. The van der Waals surface area contributed by atoms with Gasteiger partial charge in [0.25, 0.3) is 5.56 Å². The van der Waals surface area contributed by atoms with E-state index in [1.807, 2.05) is 11.6 Å². The third-order valence-corrected chi connectivity index (χ3v) is 5.55. The van der Waals surface area contributed by atoms with E-state index in [4.69, 9.17) is 4.98 Å². The molecule has 1 aliphatic heterocycles.